The van der Waals surface area contributed by atoms with Gasteiger partial charge in [0.05, 0.1) is 0 Å². The summed E-state index contributed by atoms with van der Waals surface area (Å²) in [4.78, 5) is 0. The summed E-state index contributed by atoms with van der Waals surface area (Å²) in [5, 5.41) is 9.72. The van der Waals surface area contributed by atoms with Crippen LogP contribution < -0.4 is 16.0 Å². The lowest BCUT2D eigenvalue weighted by atomic mass is 10.2. The Morgan fingerprint density at radius 2 is 0.917 bits per heavy atom. The number of hydrogen-bond donors (Lipinski definition) is 3. The Morgan fingerprint density at radius 3 is 1.29 bits per heavy atom. The molecule has 0 aliphatic carbocycles. The molecule has 0 atom stereocenters. The second-order valence-electron chi connectivity index (χ2n) is 6.44. The highest BCUT2D eigenvalue weighted by Gasteiger charge is 1.92. The first kappa shape index (κ1) is 26.1. The van der Waals surface area contributed by atoms with Gasteiger partial charge in [-0.2, -0.15) is 0 Å². The molecule has 4 heteroatoms. The molecule has 4 nitrogen and oxygen atoms in total. The zero-order valence-electron chi connectivity index (χ0n) is 17.2. The van der Waals surface area contributed by atoms with E-state index in [0.717, 1.165) is 39.1 Å². The van der Waals surface area contributed by atoms with Gasteiger partial charge in [0.1, 0.15) is 0 Å². The van der Waals surface area contributed by atoms with Crippen molar-refractivity contribution < 1.29 is 4.74 Å². The minimum atomic E-state index is 0.901. The van der Waals surface area contributed by atoms with E-state index in [1.54, 1.807) is 0 Å². The lowest BCUT2D eigenvalue weighted by Gasteiger charge is -2.07. The van der Waals surface area contributed by atoms with Crippen molar-refractivity contribution in [2.75, 3.05) is 53.5 Å². The Hall–Kier alpha value is -0.160. The van der Waals surface area contributed by atoms with Gasteiger partial charge in [-0.15, -0.1) is 0 Å². The van der Waals surface area contributed by atoms with E-state index in [0.29, 0.717) is 0 Å². The Labute approximate surface area is 152 Å². The summed E-state index contributed by atoms with van der Waals surface area (Å²) in [5.41, 5.74) is 0. The standard InChI is InChI=1S/C18H40N2O.C2H7N/c1-3-5-7-9-13-19-15-11-17-21-18-12-16-20-14-10-8-6-4-2;1-3-2/h19-20H,3-18H2,1-2H3;3H,1-2H3. The summed E-state index contributed by atoms with van der Waals surface area (Å²) < 4.78 is 5.64. The average molecular weight is 346 g/mol. The fourth-order valence-corrected chi connectivity index (χ4v) is 2.30. The maximum Gasteiger partial charge on any atom is 0.0478 e. The van der Waals surface area contributed by atoms with E-state index in [1.165, 1.54) is 64.5 Å². The largest absolute Gasteiger partial charge is 0.381 e. The molecule has 0 aromatic rings. The smallest absolute Gasteiger partial charge is 0.0478 e. The van der Waals surface area contributed by atoms with E-state index >= 15 is 0 Å². The zero-order valence-corrected chi connectivity index (χ0v) is 17.2. The highest BCUT2D eigenvalue weighted by atomic mass is 16.5. The third-order valence-electron chi connectivity index (χ3n) is 3.70. The lowest BCUT2D eigenvalue weighted by Crippen LogP contribution is -2.19. The third kappa shape index (κ3) is 29.8. The van der Waals surface area contributed by atoms with E-state index in [4.69, 9.17) is 4.74 Å². The summed E-state index contributed by atoms with van der Waals surface area (Å²) in [6, 6.07) is 0. The van der Waals surface area contributed by atoms with Crippen LogP contribution in [0.3, 0.4) is 0 Å². The minimum Gasteiger partial charge on any atom is -0.381 e. The van der Waals surface area contributed by atoms with Crippen molar-refractivity contribution in [3.05, 3.63) is 0 Å². The second kappa shape index (κ2) is 27.7. The molecule has 0 heterocycles. The Bertz CT molecular complexity index is 174. The first-order chi connectivity index (χ1) is 11.8. The summed E-state index contributed by atoms with van der Waals surface area (Å²) in [7, 11) is 3.75. The Kier molecular flexibility index (Phi) is 30.1. The molecule has 0 radical (unpaired) electrons. The fourth-order valence-electron chi connectivity index (χ4n) is 2.30. The molecular formula is C20H47N3O. The summed E-state index contributed by atoms with van der Waals surface area (Å²) in [6.45, 7) is 10.9. The molecule has 0 fully saturated rings. The molecule has 24 heavy (non-hydrogen) atoms. The third-order valence-corrected chi connectivity index (χ3v) is 3.70. The van der Waals surface area contributed by atoms with Crippen LogP contribution in [0.15, 0.2) is 0 Å². The number of nitrogens with one attached hydrogen (secondary N) is 3. The molecule has 0 unspecified atom stereocenters. The van der Waals surface area contributed by atoms with Crippen molar-refractivity contribution in [3.8, 4) is 0 Å². The SMILES string of the molecule is CCCCCCNCCCOCCCNCCCCCC.CNC. The highest BCUT2D eigenvalue weighted by Crippen LogP contribution is 1.97. The predicted octanol–water partition coefficient (Wildman–Crippen LogP) is 3.96. The molecule has 0 aliphatic rings. The highest BCUT2D eigenvalue weighted by molar-refractivity contribution is 4.51. The average Bonchev–Trinajstić information content (AvgIpc) is 2.58. The van der Waals surface area contributed by atoms with Gasteiger partial charge in [0, 0.05) is 13.2 Å². The first-order valence-corrected chi connectivity index (χ1v) is 10.4. The normalized spacial score (nSPS) is 10.5. The molecule has 3 N–H and O–H groups in total. The van der Waals surface area contributed by atoms with Crippen LogP contribution in [0.2, 0.25) is 0 Å². The number of unbranched alkanes of at least 4 members (excludes halogenated alkanes) is 6. The van der Waals surface area contributed by atoms with Crippen LogP contribution in [0.4, 0.5) is 0 Å². The van der Waals surface area contributed by atoms with Gasteiger partial charge in [-0.25, -0.2) is 0 Å². The zero-order chi connectivity index (χ0) is 18.1. The molecule has 0 bridgehead atoms. The van der Waals surface area contributed by atoms with Crippen molar-refractivity contribution in [1.82, 2.24) is 16.0 Å². The van der Waals surface area contributed by atoms with E-state index in [1.807, 2.05) is 14.1 Å². The van der Waals surface area contributed by atoms with Crippen LogP contribution in [0, 0.1) is 0 Å². The minimum absolute atomic E-state index is 0.901. The van der Waals surface area contributed by atoms with Crippen LogP contribution in [0.1, 0.15) is 78.1 Å². The Morgan fingerprint density at radius 1 is 0.542 bits per heavy atom. The molecule has 0 aromatic heterocycles. The summed E-state index contributed by atoms with van der Waals surface area (Å²) in [6.07, 6.45) is 13.0. The van der Waals surface area contributed by atoms with Crippen LogP contribution in [-0.2, 0) is 4.74 Å². The van der Waals surface area contributed by atoms with Gasteiger partial charge in [0.25, 0.3) is 0 Å². The van der Waals surface area contributed by atoms with Gasteiger partial charge in [-0.3, -0.25) is 0 Å². The predicted molar refractivity (Wildman–Crippen MR) is 109 cm³/mol. The van der Waals surface area contributed by atoms with E-state index in [2.05, 4.69) is 29.8 Å². The van der Waals surface area contributed by atoms with Crippen molar-refractivity contribution in [3.63, 3.8) is 0 Å². The van der Waals surface area contributed by atoms with Gasteiger partial charge in [-0.1, -0.05) is 52.4 Å². The van der Waals surface area contributed by atoms with Crippen LogP contribution in [0.25, 0.3) is 0 Å². The molecule has 0 aliphatic heterocycles. The van der Waals surface area contributed by atoms with Crippen molar-refractivity contribution in [2.45, 2.75) is 78.1 Å². The first-order valence-electron chi connectivity index (χ1n) is 10.4. The van der Waals surface area contributed by atoms with Crippen molar-refractivity contribution in [2.24, 2.45) is 0 Å². The molecule has 0 spiro atoms. The van der Waals surface area contributed by atoms with Crippen molar-refractivity contribution >= 4 is 0 Å². The van der Waals surface area contributed by atoms with Gasteiger partial charge in [-0.05, 0) is 66.0 Å². The quantitative estimate of drug-likeness (QED) is 0.329. The fraction of sp³-hybridized carbons (Fsp3) is 1.00. The monoisotopic (exact) mass is 345 g/mol. The molecule has 0 saturated carbocycles. The van der Waals surface area contributed by atoms with E-state index in [9.17, 15) is 0 Å². The molecule has 148 valence electrons. The molecule has 0 amide bonds. The molecule has 0 aromatic carbocycles. The molecule has 0 saturated heterocycles. The Balaban J connectivity index is 0. The topological polar surface area (TPSA) is 45.3 Å². The van der Waals surface area contributed by atoms with E-state index in [-0.39, 0.29) is 0 Å². The van der Waals surface area contributed by atoms with Gasteiger partial charge >= 0.3 is 0 Å². The van der Waals surface area contributed by atoms with Gasteiger partial charge in [0.2, 0.25) is 0 Å². The maximum atomic E-state index is 5.64. The van der Waals surface area contributed by atoms with Crippen LogP contribution >= 0.6 is 0 Å². The van der Waals surface area contributed by atoms with E-state index < -0.39 is 0 Å². The van der Waals surface area contributed by atoms with Crippen molar-refractivity contribution in [1.29, 1.82) is 0 Å². The summed E-state index contributed by atoms with van der Waals surface area (Å²) in [5.74, 6) is 0. The molecule has 0 rings (SSSR count). The lowest BCUT2D eigenvalue weighted by molar-refractivity contribution is 0.129. The number of rotatable bonds is 18. The number of ether oxygens (including phenoxy) is 1. The van der Waals surface area contributed by atoms with Crippen LogP contribution in [0.5, 0.6) is 0 Å². The van der Waals surface area contributed by atoms with Gasteiger partial charge < -0.3 is 20.7 Å². The summed E-state index contributed by atoms with van der Waals surface area (Å²) >= 11 is 0. The second-order valence-corrected chi connectivity index (χ2v) is 6.44. The van der Waals surface area contributed by atoms with Gasteiger partial charge in [0.15, 0.2) is 0 Å². The van der Waals surface area contributed by atoms with Crippen LogP contribution in [-0.4, -0.2) is 53.5 Å². The number of hydrogen-bond acceptors (Lipinski definition) is 4. The maximum absolute atomic E-state index is 5.64. The molecular weight excluding hydrogens is 298 g/mol.